The first-order chi connectivity index (χ1) is 14.2. The van der Waals surface area contributed by atoms with Crippen LogP contribution in [0.4, 0.5) is 0 Å². The number of fused-ring (bicyclic) bond motifs is 2. The van der Waals surface area contributed by atoms with Crippen molar-refractivity contribution in [3.63, 3.8) is 0 Å². The van der Waals surface area contributed by atoms with E-state index >= 15 is 0 Å². The zero-order chi connectivity index (χ0) is 20.1. The maximum atomic E-state index is 10.6. The number of hydrogen-bond donors (Lipinski definition) is 1. The van der Waals surface area contributed by atoms with Crippen LogP contribution in [0.1, 0.15) is 10.5 Å². The molecule has 0 fully saturated rings. The molecule has 3 aromatic carbocycles. The molecular weight excluding hydrogens is 553 g/mol. The van der Waals surface area contributed by atoms with Gasteiger partial charge in [-0.2, -0.15) is 0 Å². The molecule has 0 bridgehead atoms. The van der Waals surface area contributed by atoms with Gasteiger partial charge in [0.2, 0.25) is 0 Å². The Kier molecular flexibility index (Phi) is 7.02. The third-order valence-corrected chi connectivity index (χ3v) is 4.49. The molecule has 0 unspecified atom stereocenters. The number of hydrogen-bond acceptors (Lipinski definition) is 3. The summed E-state index contributed by atoms with van der Waals surface area (Å²) in [6.07, 6.45) is 3.41. The van der Waals surface area contributed by atoms with Crippen LogP contribution in [0, 0.1) is 6.07 Å². The summed E-state index contributed by atoms with van der Waals surface area (Å²) in [6, 6.07) is 30.5. The van der Waals surface area contributed by atoms with Crippen molar-refractivity contribution < 1.29 is 30.0 Å². The summed E-state index contributed by atoms with van der Waals surface area (Å²) in [4.78, 5) is 18.8. The Bertz CT molecular complexity index is 1280. The van der Waals surface area contributed by atoms with Crippen LogP contribution in [0.25, 0.3) is 32.8 Å². The molecule has 5 heteroatoms. The van der Waals surface area contributed by atoms with Crippen LogP contribution in [0.15, 0.2) is 97.3 Å². The van der Waals surface area contributed by atoms with Gasteiger partial charge in [-0.25, -0.2) is 9.78 Å². The molecule has 5 rings (SSSR count). The fraction of sp³-hybridized carbons (Fsp3) is 0. The second-order valence-corrected chi connectivity index (χ2v) is 6.38. The normalized spacial score (nSPS) is 10.0. The van der Waals surface area contributed by atoms with Crippen molar-refractivity contribution in [3.8, 4) is 11.3 Å². The topological polar surface area (TPSA) is 63.1 Å². The first-order valence-electron chi connectivity index (χ1n) is 9.11. The van der Waals surface area contributed by atoms with E-state index in [0.29, 0.717) is 0 Å². The molecule has 4 nitrogen and oxygen atoms in total. The van der Waals surface area contributed by atoms with E-state index in [1.807, 2.05) is 72.9 Å². The van der Waals surface area contributed by atoms with Crippen molar-refractivity contribution in [2.45, 2.75) is 0 Å². The van der Waals surface area contributed by atoms with Crippen molar-refractivity contribution in [2.24, 2.45) is 0 Å². The zero-order valence-electron chi connectivity index (χ0n) is 15.8. The summed E-state index contributed by atoms with van der Waals surface area (Å²) in [5.74, 6) is -0.995. The molecule has 2 heterocycles. The molecule has 5 aromatic rings. The van der Waals surface area contributed by atoms with Crippen LogP contribution in [0.2, 0.25) is 0 Å². The van der Waals surface area contributed by atoms with E-state index in [1.54, 1.807) is 12.3 Å². The van der Waals surface area contributed by atoms with Gasteiger partial charge in [0.1, 0.15) is 5.69 Å². The molecule has 0 saturated carbocycles. The first-order valence-corrected chi connectivity index (χ1v) is 9.11. The Labute approximate surface area is 187 Å². The van der Waals surface area contributed by atoms with Crippen molar-refractivity contribution in [3.05, 3.63) is 109 Å². The van der Waals surface area contributed by atoms with Crippen LogP contribution in [-0.2, 0) is 20.1 Å². The van der Waals surface area contributed by atoms with E-state index in [9.17, 15) is 4.79 Å². The predicted molar refractivity (Wildman–Crippen MR) is 115 cm³/mol. The minimum absolute atomic E-state index is 0. The largest absolute Gasteiger partial charge is 0.477 e. The van der Waals surface area contributed by atoms with Gasteiger partial charge < -0.3 is 10.1 Å². The van der Waals surface area contributed by atoms with Gasteiger partial charge in [0.15, 0.2) is 0 Å². The average molecular weight is 570 g/mol. The maximum absolute atomic E-state index is 10.6. The molecule has 0 aliphatic carbocycles. The Morgan fingerprint density at radius 2 is 1.50 bits per heavy atom. The van der Waals surface area contributed by atoms with Gasteiger partial charge in [-0.3, -0.25) is 0 Å². The van der Waals surface area contributed by atoms with E-state index < -0.39 is 5.97 Å². The van der Waals surface area contributed by atoms with E-state index in [1.165, 1.54) is 10.8 Å². The van der Waals surface area contributed by atoms with E-state index in [2.05, 4.69) is 28.2 Å². The number of nitrogens with zero attached hydrogens (tertiary/aromatic N) is 2. The zero-order valence-corrected chi connectivity index (χ0v) is 18.2. The number of benzene rings is 3. The SMILES string of the molecule is O=C(O)c1cc2ccccc2cn1.[Ir].[c-]1ccccc1-c1nccc2ccccc12. The molecule has 149 valence electrons. The Morgan fingerprint density at radius 3 is 2.23 bits per heavy atom. The molecule has 1 N–H and O–H groups in total. The maximum Gasteiger partial charge on any atom is 0.354 e. The number of rotatable bonds is 2. The number of pyridine rings is 2. The monoisotopic (exact) mass is 570 g/mol. The second-order valence-electron chi connectivity index (χ2n) is 6.38. The molecular formula is C25H17IrN2O2-. The van der Waals surface area contributed by atoms with Gasteiger partial charge in [0.05, 0.1) is 0 Å². The van der Waals surface area contributed by atoms with Crippen LogP contribution < -0.4 is 0 Å². The second kappa shape index (κ2) is 9.88. The number of aromatic carboxylic acids is 1. The van der Waals surface area contributed by atoms with Gasteiger partial charge in [0, 0.05) is 37.9 Å². The minimum Gasteiger partial charge on any atom is -0.477 e. The smallest absolute Gasteiger partial charge is 0.354 e. The average Bonchev–Trinajstić information content (AvgIpc) is 2.79. The summed E-state index contributed by atoms with van der Waals surface area (Å²) in [5, 5.41) is 12.9. The molecule has 0 saturated heterocycles. The van der Waals surface area contributed by atoms with Crippen LogP contribution in [0.3, 0.4) is 0 Å². The molecule has 30 heavy (non-hydrogen) atoms. The molecule has 0 spiro atoms. The van der Waals surface area contributed by atoms with E-state index in [4.69, 9.17) is 5.11 Å². The molecule has 0 atom stereocenters. The van der Waals surface area contributed by atoms with Crippen LogP contribution in [0.5, 0.6) is 0 Å². The Hall–Kier alpha value is -3.40. The number of carbonyl (C=O) groups is 1. The number of carboxylic acids is 1. The third kappa shape index (κ3) is 4.77. The van der Waals surface area contributed by atoms with Crippen molar-refractivity contribution in [1.29, 1.82) is 0 Å². The summed E-state index contributed by atoms with van der Waals surface area (Å²) in [6.45, 7) is 0. The standard InChI is InChI=1S/C15H10N.C10H7NO2.Ir/c1-2-7-13(8-3-1)15-14-9-5-4-6-12(14)10-11-16-15;12-10(13)9-5-7-3-1-2-4-8(7)6-11-9;/h1-7,9-11H;1-6H,(H,12,13);/q-1;;. The molecule has 0 amide bonds. The summed E-state index contributed by atoms with van der Waals surface area (Å²) < 4.78 is 0. The molecule has 0 aliphatic rings. The quantitative estimate of drug-likeness (QED) is 0.280. The van der Waals surface area contributed by atoms with E-state index in [0.717, 1.165) is 22.0 Å². The molecule has 0 aliphatic heterocycles. The number of aromatic nitrogens is 2. The van der Waals surface area contributed by atoms with Crippen molar-refractivity contribution >= 4 is 27.5 Å². The fourth-order valence-corrected chi connectivity index (χ4v) is 3.08. The first kappa shape index (κ1) is 21.3. The predicted octanol–water partition coefficient (Wildman–Crippen LogP) is 5.63. The molecule has 2 aromatic heterocycles. The Balaban J connectivity index is 0.000000169. The third-order valence-electron chi connectivity index (χ3n) is 4.49. The Morgan fingerprint density at radius 1 is 0.800 bits per heavy atom. The number of carboxylic acid groups (broad SMARTS) is 1. The van der Waals surface area contributed by atoms with Crippen LogP contribution >= 0.6 is 0 Å². The summed E-state index contributed by atoms with van der Waals surface area (Å²) >= 11 is 0. The summed E-state index contributed by atoms with van der Waals surface area (Å²) in [7, 11) is 0. The van der Waals surface area contributed by atoms with Crippen LogP contribution in [-0.4, -0.2) is 21.0 Å². The van der Waals surface area contributed by atoms with E-state index in [-0.39, 0.29) is 25.8 Å². The van der Waals surface area contributed by atoms with Gasteiger partial charge >= 0.3 is 5.97 Å². The van der Waals surface area contributed by atoms with Crippen molar-refractivity contribution in [1.82, 2.24) is 9.97 Å². The van der Waals surface area contributed by atoms with Gasteiger partial charge in [-0.05, 0) is 34.0 Å². The minimum atomic E-state index is -0.995. The molecule has 1 radical (unpaired) electrons. The summed E-state index contributed by atoms with van der Waals surface area (Å²) in [5.41, 5.74) is 2.12. The van der Waals surface area contributed by atoms with Gasteiger partial charge in [-0.1, -0.05) is 48.5 Å². The van der Waals surface area contributed by atoms with Gasteiger partial charge in [-0.15, -0.1) is 35.9 Å². The van der Waals surface area contributed by atoms with Crippen molar-refractivity contribution in [2.75, 3.05) is 0 Å². The fourth-order valence-electron chi connectivity index (χ4n) is 3.08. The van der Waals surface area contributed by atoms with Gasteiger partial charge in [0.25, 0.3) is 0 Å².